The molecule has 9 heteroatoms. The van der Waals surface area contributed by atoms with Gasteiger partial charge < -0.3 is 5.32 Å². The monoisotopic (exact) mass is 393 g/mol. The number of fused-ring (bicyclic) bond motifs is 1. The van der Waals surface area contributed by atoms with Crippen molar-refractivity contribution in [3.8, 4) is 11.3 Å². The molecule has 0 bridgehead atoms. The number of rotatable bonds is 7. The Balaban J connectivity index is 1.57. The minimum Gasteiger partial charge on any atom is -0.341 e. The van der Waals surface area contributed by atoms with E-state index < -0.39 is 0 Å². The number of nitrogens with zero attached hydrogens (tertiary/aromatic N) is 5. The van der Waals surface area contributed by atoms with Crippen LogP contribution in [0.4, 0.5) is 0 Å². The van der Waals surface area contributed by atoms with Crippen molar-refractivity contribution in [2.24, 2.45) is 0 Å². The number of amides is 1. The minimum absolute atomic E-state index is 0.235. The third kappa shape index (κ3) is 3.74. The summed E-state index contributed by atoms with van der Waals surface area (Å²) in [5, 5.41) is 18.6. The van der Waals surface area contributed by atoms with Crippen molar-refractivity contribution in [1.29, 1.82) is 0 Å². The van der Waals surface area contributed by atoms with Gasteiger partial charge in [0, 0.05) is 24.2 Å². The predicted molar refractivity (Wildman–Crippen MR) is 108 cm³/mol. The molecule has 0 radical (unpaired) electrons. The van der Waals surface area contributed by atoms with Gasteiger partial charge in [0.15, 0.2) is 11.5 Å². The topological polar surface area (TPSA) is 101 Å². The van der Waals surface area contributed by atoms with Crippen LogP contribution in [0.5, 0.6) is 0 Å². The van der Waals surface area contributed by atoms with Crippen LogP contribution in [0.25, 0.3) is 16.9 Å². The van der Waals surface area contributed by atoms with E-state index in [9.17, 15) is 4.79 Å². The Kier molecular flexibility index (Phi) is 5.34. The van der Waals surface area contributed by atoms with Crippen molar-refractivity contribution in [2.75, 3.05) is 12.0 Å². The lowest BCUT2D eigenvalue weighted by atomic mass is 10.2. The first kappa shape index (κ1) is 18.2. The standard InChI is InChI=1S/C19H19N7OS/c1-28-10-7-14(18-25-24-17-6-2-3-9-26(17)18)21-19(27)16-11-15(22-23-16)13-5-4-8-20-12-13/h2-6,8-9,11-12,14H,7,10H2,1H3,(H,21,27)(H,22,23). The van der Waals surface area contributed by atoms with E-state index in [4.69, 9.17) is 0 Å². The molecule has 4 aromatic heterocycles. The van der Waals surface area contributed by atoms with Gasteiger partial charge in [0.1, 0.15) is 5.69 Å². The Morgan fingerprint density at radius 1 is 1.29 bits per heavy atom. The highest BCUT2D eigenvalue weighted by molar-refractivity contribution is 7.98. The highest BCUT2D eigenvalue weighted by atomic mass is 32.2. The molecule has 0 spiro atoms. The summed E-state index contributed by atoms with van der Waals surface area (Å²) in [5.41, 5.74) is 2.66. The molecule has 0 aliphatic carbocycles. The first-order valence-electron chi connectivity index (χ1n) is 8.81. The largest absolute Gasteiger partial charge is 0.341 e. The van der Waals surface area contributed by atoms with E-state index in [1.807, 2.05) is 47.2 Å². The summed E-state index contributed by atoms with van der Waals surface area (Å²) in [7, 11) is 0. The number of aromatic nitrogens is 6. The summed E-state index contributed by atoms with van der Waals surface area (Å²) < 4.78 is 1.90. The van der Waals surface area contributed by atoms with Crippen LogP contribution in [0.3, 0.4) is 0 Å². The second-order valence-electron chi connectivity index (χ2n) is 6.20. The molecule has 0 aliphatic rings. The van der Waals surface area contributed by atoms with E-state index in [0.29, 0.717) is 17.2 Å². The van der Waals surface area contributed by atoms with Gasteiger partial charge in [-0.15, -0.1) is 10.2 Å². The molecule has 1 amide bonds. The van der Waals surface area contributed by atoms with Crippen molar-refractivity contribution in [2.45, 2.75) is 12.5 Å². The van der Waals surface area contributed by atoms with Crippen LogP contribution in [-0.2, 0) is 0 Å². The molecule has 4 rings (SSSR count). The summed E-state index contributed by atoms with van der Waals surface area (Å²) in [5.74, 6) is 1.36. The maximum atomic E-state index is 12.8. The fourth-order valence-corrected chi connectivity index (χ4v) is 3.41. The van der Waals surface area contributed by atoms with Crippen LogP contribution in [0, 0.1) is 0 Å². The third-order valence-electron chi connectivity index (χ3n) is 4.35. The van der Waals surface area contributed by atoms with Gasteiger partial charge >= 0.3 is 0 Å². The van der Waals surface area contributed by atoms with Crippen molar-refractivity contribution in [3.05, 3.63) is 66.5 Å². The number of aromatic amines is 1. The molecule has 0 saturated heterocycles. The van der Waals surface area contributed by atoms with Gasteiger partial charge in [0.25, 0.3) is 5.91 Å². The van der Waals surface area contributed by atoms with Gasteiger partial charge in [-0.3, -0.25) is 19.3 Å². The fraction of sp³-hybridized carbons (Fsp3) is 0.211. The van der Waals surface area contributed by atoms with Crippen molar-refractivity contribution in [1.82, 2.24) is 35.1 Å². The summed E-state index contributed by atoms with van der Waals surface area (Å²) in [4.78, 5) is 16.9. The smallest absolute Gasteiger partial charge is 0.269 e. The number of thioether (sulfide) groups is 1. The second kappa shape index (κ2) is 8.22. The number of carbonyl (C=O) groups is 1. The van der Waals surface area contributed by atoms with Crippen LogP contribution in [0.2, 0.25) is 0 Å². The molecular weight excluding hydrogens is 374 g/mol. The molecule has 0 saturated carbocycles. The normalized spacial score (nSPS) is 12.2. The maximum Gasteiger partial charge on any atom is 0.269 e. The zero-order valence-electron chi connectivity index (χ0n) is 15.2. The molecule has 2 N–H and O–H groups in total. The SMILES string of the molecule is CSCCC(NC(=O)c1cc(-c2cccnc2)n[nH]1)c1nnc2ccccn12. The van der Waals surface area contributed by atoms with E-state index in [-0.39, 0.29) is 11.9 Å². The van der Waals surface area contributed by atoms with Gasteiger partial charge in [-0.1, -0.05) is 6.07 Å². The lowest BCUT2D eigenvalue weighted by Crippen LogP contribution is -2.30. The number of carbonyl (C=O) groups excluding carboxylic acids is 1. The highest BCUT2D eigenvalue weighted by Crippen LogP contribution is 2.20. The van der Waals surface area contributed by atoms with Gasteiger partial charge in [-0.25, -0.2) is 0 Å². The molecule has 0 aliphatic heterocycles. The first-order valence-corrected chi connectivity index (χ1v) is 10.2. The third-order valence-corrected chi connectivity index (χ3v) is 4.99. The van der Waals surface area contributed by atoms with E-state index in [0.717, 1.165) is 23.4 Å². The first-order chi connectivity index (χ1) is 13.8. The summed E-state index contributed by atoms with van der Waals surface area (Å²) in [6.45, 7) is 0. The molecule has 0 aromatic carbocycles. The molecular formula is C19H19N7OS. The van der Waals surface area contributed by atoms with Gasteiger partial charge in [0.05, 0.1) is 11.7 Å². The minimum atomic E-state index is -0.262. The Morgan fingerprint density at radius 2 is 2.21 bits per heavy atom. The van der Waals surface area contributed by atoms with E-state index in [2.05, 4.69) is 30.7 Å². The molecule has 1 unspecified atom stereocenters. The average Bonchev–Trinajstić information content (AvgIpc) is 3.39. The lowest BCUT2D eigenvalue weighted by molar-refractivity contribution is 0.0928. The Labute approximate surface area is 165 Å². The van der Waals surface area contributed by atoms with Gasteiger partial charge in [0.2, 0.25) is 0 Å². The quantitative estimate of drug-likeness (QED) is 0.501. The molecule has 4 heterocycles. The van der Waals surface area contributed by atoms with E-state index >= 15 is 0 Å². The van der Waals surface area contributed by atoms with E-state index in [1.54, 1.807) is 30.2 Å². The number of pyridine rings is 2. The molecule has 1 atom stereocenters. The van der Waals surface area contributed by atoms with E-state index in [1.165, 1.54) is 0 Å². The van der Waals surface area contributed by atoms with Crippen molar-refractivity contribution in [3.63, 3.8) is 0 Å². The lowest BCUT2D eigenvalue weighted by Gasteiger charge is -2.16. The maximum absolute atomic E-state index is 12.8. The molecule has 8 nitrogen and oxygen atoms in total. The Hall–Kier alpha value is -3.20. The summed E-state index contributed by atoms with van der Waals surface area (Å²) in [6.07, 6.45) is 8.09. The fourth-order valence-electron chi connectivity index (χ4n) is 2.94. The van der Waals surface area contributed by atoms with Crippen LogP contribution in [-0.4, -0.2) is 47.7 Å². The highest BCUT2D eigenvalue weighted by Gasteiger charge is 2.22. The predicted octanol–water partition coefficient (Wildman–Crippen LogP) is 2.74. The second-order valence-corrected chi connectivity index (χ2v) is 7.19. The van der Waals surface area contributed by atoms with Crippen molar-refractivity contribution < 1.29 is 4.79 Å². The molecule has 28 heavy (non-hydrogen) atoms. The number of H-pyrrole nitrogens is 1. The summed E-state index contributed by atoms with van der Waals surface area (Å²) >= 11 is 1.72. The molecule has 0 fully saturated rings. The molecule has 142 valence electrons. The van der Waals surface area contributed by atoms with Crippen molar-refractivity contribution >= 4 is 23.3 Å². The van der Waals surface area contributed by atoms with Crippen LogP contribution in [0.1, 0.15) is 28.8 Å². The zero-order chi connectivity index (χ0) is 19.3. The van der Waals surface area contributed by atoms with Crippen LogP contribution >= 0.6 is 11.8 Å². The van der Waals surface area contributed by atoms with Gasteiger partial charge in [-0.05, 0) is 48.8 Å². The number of nitrogens with one attached hydrogen (secondary N) is 2. The van der Waals surface area contributed by atoms with Crippen LogP contribution in [0.15, 0.2) is 55.0 Å². The summed E-state index contributed by atoms with van der Waals surface area (Å²) in [6, 6.07) is 10.9. The molecule has 4 aromatic rings. The number of hydrogen-bond acceptors (Lipinski definition) is 6. The average molecular weight is 393 g/mol. The van der Waals surface area contributed by atoms with Gasteiger partial charge in [-0.2, -0.15) is 16.9 Å². The zero-order valence-corrected chi connectivity index (χ0v) is 16.1. The number of hydrogen-bond donors (Lipinski definition) is 2. The Morgan fingerprint density at radius 3 is 3.04 bits per heavy atom. The van der Waals surface area contributed by atoms with Crippen LogP contribution < -0.4 is 5.32 Å². The Bertz CT molecular complexity index is 1080.